The Morgan fingerprint density at radius 2 is 2.00 bits per heavy atom. The van der Waals surface area contributed by atoms with E-state index in [0.29, 0.717) is 6.54 Å². The number of aromatic nitrogens is 4. The summed E-state index contributed by atoms with van der Waals surface area (Å²) >= 11 is 3.47. The van der Waals surface area contributed by atoms with Crippen molar-refractivity contribution in [2.45, 2.75) is 20.4 Å². The van der Waals surface area contributed by atoms with Crippen molar-refractivity contribution in [1.82, 2.24) is 19.3 Å². The van der Waals surface area contributed by atoms with E-state index in [9.17, 15) is 0 Å². The molecule has 0 aliphatic heterocycles. The van der Waals surface area contributed by atoms with Crippen LogP contribution < -0.4 is 5.32 Å². The molecule has 0 aliphatic rings. The van der Waals surface area contributed by atoms with Gasteiger partial charge in [-0.25, -0.2) is 4.98 Å². The highest BCUT2D eigenvalue weighted by Gasteiger charge is 2.09. The number of nitrogens with one attached hydrogen (secondary N) is 1. The fraction of sp³-hybridized carbons (Fsp3) is 0.333. The molecule has 3 rings (SSSR count). The minimum atomic E-state index is 0.704. The summed E-state index contributed by atoms with van der Waals surface area (Å²) in [5.41, 5.74) is 4.45. The van der Waals surface area contributed by atoms with Crippen LogP contribution >= 0.6 is 15.9 Å². The average molecular weight is 348 g/mol. The molecular weight excluding hydrogens is 330 g/mol. The molecule has 1 aromatic carbocycles. The Hall–Kier alpha value is -1.82. The molecule has 0 unspecified atom stereocenters. The molecule has 3 aromatic rings. The smallest absolute Gasteiger partial charge is 0.135 e. The summed E-state index contributed by atoms with van der Waals surface area (Å²) in [4.78, 5) is 4.58. The molecule has 0 bridgehead atoms. The maximum atomic E-state index is 4.58. The first-order valence-corrected chi connectivity index (χ1v) is 7.61. The van der Waals surface area contributed by atoms with E-state index in [-0.39, 0.29) is 0 Å². The molecule has 2 aromatic heterocycles. The van der Waals surface area contributed by atoms with Crippen molar-refractivity contribution in [3.63, 3.8) is 0 Å². The second-order valence-corrected chi connectivity index (χ2v) is 6.01. The number of hydrogen-bond donors (Lipinski definition) is 1. The van der Waals surface area contributed by atoms with Crippen LogP contribution in [0, 0.1) is 13.8 Å². The molecule has 0 saturated heterocycles. The lowest BCUT2D eigenvalue weighted by molar-refractivity contribution is 0.786. The zero-order chi connectivity index (χ0) is 15.1. The lowest BCUT2D eigenvalue weighted by Crippen LogP contribution is -2.06. The second kappa shape index (κ2) is 5.18. The predicted octanol–water partition coefficient (Wildman–Crippen LogP) is 3.30. The molecule has 21 heavy (non-hydrogen) atoms. The zero-order valence-corrected chi connectivity index (χ0v) is 14.2. The number of imidazole rings is 1. The van der Waals surface area contributed by atoms with Crippen molar-refractivity contribution < 1.29 is 0 Å². The first-order valence-electron chi connectivity index (χ1n) is 6.82. The molecule has 0 radical (unpaired) electrons. The van der Waals surface area contributed by atoms with Crippen LogP contribution in [0.4, 0.5) is 5.69 Å². The highest BCUT2D eigenvalue weighted by molar-refractivity contribution is 9.10. The van der Waals surface area contributed by atoms with E-state index in [4.69, 9.17) is 0 Å². The quantitative estimate of drug-likeness (QED) is 0.790. The number of nitrogens with zero attached hydrogens (tertiary/aromatic N) is 4. The molecule has 5 nitrogen and oxygen atoms in total. The van der Waals surface area contributed by atoms with Gasteiger partial charge in [0.15, 0.2) is 0 Å². The van der Waals surface area contributed by atoms with E-state index in [1.807, 2.05) is 25.7 Å². The number of fused-ring (bicyclic) bond motifs is 1. The number of rotatable bonds is 3. The highest BCUT2D eigenvalue weighted by atomic mass is 79.9. The lowest BCUT2D eigenvalue weighted by atomic mass is 10.2. The predicted molar refractivity (Wildman–Crippen MR) is 88.4 cm³/mol. The van der Waals surface area contributed by atoms with Crippen LogP contribution in [0.25, 0.3) is 10.9 Å². The van der Waals surface area contributed by atoms with Crippen LogP contribution in [0.3, 0.4) is 0 Å². The van der Waals surface area contributed by atoms with Crippen LogP contribution in [0.2, 0.25) is 0 Å². The first-order chi connectivity index (χ1) is 9.97. The Morgan fingerprint density at radius 1 is 1.24 bits per heavy atom. The molecule has 0 fully saturated rings. The van der Waals surface area contributed by atoms with E-state index in [1.54, 1.807) is 0 Å². The molecule has 0 atom stereocenters. The molecular formula is C15H18BrN5. The number of anilines is 1. The molecule has 0 aliphatic carbocycles. The molecule has 1 N–H and O–H groups in total. The molecule has 0 saturated carbocycles. The summed E-state index contributed by atoms with van der Waals surface area (Å²) in [6, 6.07) is 6.25. The Bertz CT molecular complexity index is 815. The summed E-state index contributed by atoms with van der Waals surface area (Å²) in [5, 5.41) is 8.92. The largest absolute Gasteiger partial charge is 0.378 e. The van der Waals surface area contributed by atoms with Crippen molar-refractivity contribution >= 4 is 32.5 Å². The van der Waals surface area contributed by atoms with Gasteiger partial charge in [-0.05, 0) is 48.0 Å². The fourth-order valence-electron chi connectivity index (χ4n) is 2.45. The SMILES string of the molecule is Cc1nc(CNc2ccc3c(Br)nn(C)c3c2)n(C)c1C. The van der Waals surface area contributed by atoms with Crippen LogP contribution in [-0.4, -0.2) is 19.3 Å². The Balaban J connectivity index is 1.85. The maximum absolute atomic E-state index is 4.58. The summed E-state index contributed by atoms with van der Waals surface area (Å²) in [5.74, 6) is 1.04. The standard InChI is InChI=1S/C15H18BrN5/c1-9-10(2)20(3)14(18-9)8-17-11-5-6-12-13(7-11)21(4)19-15(12)16/h5-7,17H,8H2,1-4H3. The van der Waals surface area contributed by atoms with Crippen molar-refractivity contribution in [1.29, 1.82) is 0 Å². The first kappa shape index (κ1) is 14.1. The van der Waals surface area contributed by atoms with Gasteiger partial charge in [-0.2, -0.15) is 5.10 Å². The number of aryl methyl sites for hydroxylation is 2. The number of hydrogen-bond acceptors (Lipinski definition) is 3. The summed E-state index contributed by atoms with van der Waals surface area (Å²) in [7, 11) is 4.00. The molecule has 2 heterocycles. The van der Waals surface area contributed by atoms with E-state index < -0.39 is 0 Å². The second-order valence-electron chi connectivity index (χ2n) is 5.26. The third-order valence-corrected chi connectivity index (χ3v) is 4.55. The van der Waals surface area contributed by atoms with Crippen LogP contribution in [-0.2, 0) is 20.6 Å². The minimum absolute atomic E-state index is 0.704. The van der Waals surface area contributed by atoms with E-state index in [1.165, 1.54) is 5.69 Å². The number of halogens is 1. The van der Waals surface area contributed by atoms with Gasteiger partial charge in [0.25, 0.3) is 0 Å². The van der Waals surface area contributed by atoms with Crippen molar-refractivity contribution in [3.05, 3.63) is 40.0 Å². The zero-order valence-electron chi connectivity index (χ0n) is 12.6. The maximum Gasteiger partial charge on any atom is 0.135 e. The summed E-state index contributed by atoms with van der Waals surface area (Å²) in [6.45, 7) is 4.83. The van der Waals surface area contributed by atoms with Gasteiger partial charge in [0.05, 0.1) is 17.8 Å². The van der Waals surface area contributed by atoms with Gasteiger partial charge in [0.1, 0.15) is 10.4 Å². The molecule has 0 amide bonds. The third kappa shape index (κ3) is 2.44. The number of benzene rings is 1. The van der Waals surface area contributed by atoms with E-state index in [2.05, 4.69) is 61.0 Å². The average Bonchev–Trinajstić information content (AvgIpc) is 2.88. The topological polar surface area (TPSA) is 47.7 Å². The summed E-state index contributed by atoms with van der Waals surface area (Å²) in [6.07, 6.45) is 0. The van der Waals surface area contributed by atoms with Crippen LogP contribution in [0.15, 0.2) is 22.8 Å². The third-order valence-electron chi connectivity index (χ3n) is 3.97. The summed E-state index contributed by atoms with van der Waals surface area (Å²) < 4.78 is 4.88. The monoisotopic (exact) mass is 347 g/mol. The van der Waals surface area contributed by atoms with Crippen LogP contribution in [0.5, 0.6) is 0 Å². The Kier molecular flexibility index (Phi) is 3.49. The molecule has 6 heteroatoms. The minimum Gasteiger partial charge on any atom is -0.378 e. The molecule has 110 valence electrons. The Labute approximate surface area is 132 Å². The van der Waals surface area contributed by atoms with Crippen LogP contribution in [0.1, 0.15) is 17.2 Å². The van der Waals surface area contributed by atoms with Crippen molar-refractivity contribution in [3.8, 4) is 0 Å². The van der Waals surface area contributed by atoms with Gasteiger partial charge in [-0.1, -0.05) is 0 Å². The highest BCUT2D eigenvalue weighted by Crippen LogP contribution is 2.25. The Morgan fingerprint density at radius 3 is 2.67 bits per heavy atom. The van der Waals surface area contributed by atoms with Gasteiger partial charge >= 0.3 is 0 Å². The van der Waals surface area contributed by atoms with Crippen molar-refractivity contribution in [2.24, 2.45) is 14.1 Å². The van der Waals surface area contributed by atoms with E-state index in [0.717, 1.165) is 32.7 Å². The van der Waals surface area contributed by atoms with Gasteiger partial charge < -0.3 is 9.88 Å². The lowest BCUT2D eigenvalue weighted by Gasteiger charge is -2.07. The normalized spacial score (nSPS) is 11.3. The fourth-order valence-corrected chi connectivity index (χ4v) is 3.02. The molecule has 0 spiro atoms. The van der Waals surface area contributed by atoms with Gasteiger partial charge in [0.2, 0.25) is 0 Å². The van der Waals surface area contributed by atoms with Crippen molar-refractivity contribution in [2.75, 3.05) is 5.32 Å². The van der Waals surface area contributed by atoms with E-state index >= 15 is 0 Å². The van der Waals surface area contributed by atoms with Gasteiger partial charge in [0, 0.05) is 30.9 Å². The van der Waals surface area contributed by atoms with Gasteiger partial charge in [-0.3, -0.25) is 4.68 Å². The van der Waals surface area contributed by atoms with Gasteiger partial charge in [-0.15, -0.1) is 0 Å².